The average Bonchev–Trinajstić information content (AvgIpc) is 3.86. The Morgan fingerprint density at radius 3 is 1.76 bits per heavy atom. The van der Waals surface area contributed by atoms with E-state index in [0.717, 1.165) is 63.4 Å². The fourth-order valence-corrected chi connectivity index (χ4v) is 7.29. The standard InChI is InChI=1S/C42H38N8/c1-4-16-39-30(2)41-48(31(3)44-50(41)45-39)29-32-25-27-33(28-26-32)37-23-14-15-24-38(37)40-43-46-47-49(40)42(34-17-8-5-9-18-34,35-19-10-6-11-20-35)36-21-12-7-13-22-36/h5-15,17-28H,4,16,29H2,1-3H3. The molecular formula is C42H38N8. The van der Waals surface area contributed by atoms with Crippen molar-refractivity contribution in [3.05, 3.63) is 179 Å². The molecule has 0 saturated carbocycles. The first-order valence-electron chi connectivity index (χ1n) is 17.2. The van der Waals surface area contributed by atoms with Gasteiger partial charge in [-0.25, -0.2) is 4.68 Å². The quantitative estimate of drug-likeness (QED) is 0.139. The summed E-state index contributed by atoms with van der Waals surface area (Å²) in [5.74, 6) is 1.62. The number of tetrazole rings is 1. The molecule has 3 aromatic heterocycles. The van der Waals surface area contributed by atoms with Crippen molar-refractivity contribution in [1.82, 2.24) is 39.6 Å². The summed E-state index contributed by atoms with van der Waals surface area (Å²) in [7, 11) is 0. The van der Waals surface area contributed by atoms with Crippen molar-refractivity contribution in [3.63, 3.8) is 0 Å². The molecule has 8 nitrogen and oxygen atoms in total. The van der Waals surface area contributed by atoms with Crippen molar-refractivity contribution in [2.24, 2.45) is 0 Å². The van der Waals surface area contributed by atoms with Gasteiger partial charge in [-0.15, -0.1) is 14.8 Å². The first-order chi connectivity index (χ1) is 24.6. The molecule has 8 aromatic rings. The summed E-state index contributed by atoms with van der Waals surface area (Å²) in [6.45, 7) is 7.09. The second-order valence-electron chi connectivity index (χ2n) is 12.7. The van der Waals surface area contributed by atoms with Gasteiger partial charge in [0.1, 0.15) is 11.4 Å². The fraction of sp³-hybridized carbons (Fsp3) is 0.167. The van der Waals surface area contributed by atoms with Crippen LogP contribution in [0.2, 0.25) is 0 Å². The molecule has 0 amide bonds. The summed E-state index contributed by atoms with van der Waals surface area (Å²) in [6, 6.07) is 48.7. The van der Waals surface area contributed by atoms with E-state index in [1.807, 2.05) is 29.8 Å². The number of fused-ring (bicyclic) bond motifs is 1. The van der Waals surface area contributed by atoms with Crippen LogP contribution in [0.5, 0.6) is 0 Å². The van der Waals surface area contributed by atoms with Gasteiger partial charge in [0.2, 0.25) is 0 Å². The number of rotatable bonds is 10. The van der Waals surface area contributed by atoms with Gasteiger partial charge in [0.15, 0.2) is 11.5 Å². The Morgan fingerprint density at radius 2 is 1.18 bits per heavy atom. The summed E-state index contributed by atoms with van der Waals surface area (Å²) in [6.07, 6.45) is 2.01. The van der Waals surface area contributed by atoms with Crippen LogP contribution in [-0.2, 0) is 18.5 Å². The van der Waals surface area contributed by atoms with E-state index in [0.29, 0.717) is 12.4 Å². The zero-order valence-corrected chi connectivity index (χ0v) is 28.5. The largest absolute Gasteiger partial charge is 0.307 e. The van der Waals surface area contributed by atoms with Gasteiger partial charge >= 0.3 is 0 Å². The smallest absolute Gasteiger partial charge is 0.184 e. The van der Waals surface area contributed by atoms with E-state index in [9.17, 15) is 0 Å². The summed E-state index contributed by atoms with van der Waals surface area (Å²) in [5.41, 5.74) is 10.0. The van der Waals surface area contributed by atoms with Crippen LogP contribution < -0.4 is 0 Å². The number of nitrogens with zero attached hydrogens (tertiary/aromatic N) is 8. The Kier molecular flexibility index (Phi) is 8.12. The van der Waals surface area contributed by atoms with Gasteiger partial charge in [0.05, 0.1) is 12.2 Å². The minimum Gasteiger partial charge on any atom is -0.307 e. The summed E-state index contributed by atoms with van der Waals surface area (Å²) in [4.78, 5) is 0. The summed E-state index contributed by atoms with van der Waals surface area (Å²) in [5, 5.41) is 23.3. The van der Waals surface area contributed by atoms with E-state index < -0.39 is 5.54 Å². The highest BCUT2D eigenvalue weighted by Gasteiger charge is 2.42. The molecule has 246 valence electrons. The van der Waals surface area contributed by atoms with Crippen molar-refractivity contribution in [1.29, 1.82) is 0 Å². The molecule has 0 unspecified atom stereocenters. The van der Waals surface area contributed by atoms with E-state index in [4.69, 9.17) is 20.5 Å². The molecule has 0 bridgehead atoms. The van der Waals surface area contributed by atoms with Crippen LogP contribution in [0.15, 0.2) is 140 Å². The molecule has 8 rings (SSSR count). The molecule has 0 N–H and O–H groups in total. The molecule has 0 saturated heterocycles. The number of hydrogen-bond acceptors (Lipinski definition) is 5. The Bertz CT molecular complexity index is 2270. The molecule has 0 aliphatic heterocycles. The van der Waals surface area contributed by atoms with Crippen molar-refractivity contribution in [2.45, 2.75) is 45.7 Å². The highest BCUT2D eigenvalue weighted by atomic mass is 15.6. The Balaban J connectivity index is 1.23. The lowest BCUT2D eigenvalue weighted by Gasteiger charge is -2.36. The molecule has 0 radical (unpaired) electrons. The van der Waals surface area contributed by atoms with Gasteiger partial charge in [-0.05, 0) is 64.1 Å². The van der Waals surface area contributed by atoms with Crippen LogP contribution in [-0.4, -0.2) is 39.6 Å². The average molecular weight is 655 g/mol. The zero-order valence-electron chi connectivity index (χ0n) is 28.5. The highest BCUT2D eigenvalue weighted by molar-refractivity contribution is 5.81. The van der Waals surface area contributed by atoms with Crippen molar-refractivity contribution < 1.29 is 0 Å². The third kappa shape index (κ3) is 5.20. The van der Waals surface area contributed by atoms with E-state index >= 15 is 0 Å². The second-order valence-corrected chi connectivity index (χ2v) is 12.7. The van der Waals surface area contributed by atoms with Crippen LogP contribution in [0.3, 0.4) is 0 Å². The topological polar surface area (TPSA) is 78.7 Å². The van der Waals surface area contributed by atoms with Crippen LogP contribution in [0, 0.1) is 13.8 Å². The highest BCUT2D eigenvalue weighted by Crippen LogP contribution is 2.43. The third-order valence-corrected chi connectivity index (χ3v) is 9.68. The van der Waals surface area contributed by atoms with E-state index in [1.165, 1.54) is 11.1 Å². The number of benzene rings is 5. The number of aryl methyl sites for hydroxylation is 3. The molecule has 0 aliphatic rings. The maximum Gasteiger partial charge on any atom is 0.184 e. The van der Waals surface area contributed by atoms with Gasteiger partial charge in [-0.2, -0.15) is 5.10 Å². The normalized spacial score (nSPS) is 11.7. The first kappa shape index (κ1) is 31.1. The minimum atomic E-state index is -0.837. The molecule has 8 heteroatoms. The lowest BCUT2D eigenvalue weighted by Crippen LogP contribution is -2.39. The number of aromatic nitrogens is 8. The lowest BCUT2D eigenvalue weighted by atomic mass is 9.77. The van der Waals surface area contributed by atoms with E-state index in [-0.39, 0.29) is 0 Å². The summed E-state index contributed by atoms with van der Waals surface area (Å²) >= 11 is 0. The first-order valence-corrected chi connectivity index (χ1v) is 17.2. The molecule has 0 spiro atoms. The maximum absolute atomic E-state index is 4.78. The monoisotopic (exact) mass is 654 g/mol. The van der Waals surface area contributed by atoms with Gasteiger partial charge in [-0.1, -0.05) is 153 Å². The molecule has 5 aromatic carbocycles. The SMILES string of the molecule is CCCc1nn2nc(C)n(Cc3ccc(-c4ccccc4-c4nnnn4C(c4ccccc4)(c4ccccc4)c4ccccc4)cc3)c2c1C. The van der Waals surface area contributed by atoms with Gasteiger partial charge in [0.25, 0.3) is 0 Å². The van der Waals surface area contributed by atoms with Crippen LogP contribution >= 0.6 is 0 Å². The predicted molar refractivity (Wildman–Crippen MR) is 197 cm³/mol. The molecular weight excluding hydrogens is 617 g/mol. The lowest BCUT2D eigenvalue weighted by molar-refractivity contribution is 0.451. The Hall–Kier alpha value is -6.15. The Morgan fingerprint density at radius 1 is 0.620 bits per heavy atom. The van der Waals surface area contributed by atoms with Gasteiger partial charge in [-0.3, -0.25) is 0 Å². The van der Waals surface area contributed by atoms with Crippen molar-refractivity contribution in [2.75, 3.05) is 0 Å². The molecule has 0 fully saturated rings. The van der Waals surface area contributed by atoms with Crippen LogP contribution in [0.4, 0.5) is 0 Å². The third-order valence-electron chi connectivity index (χ3n) is 9.68. The predicted octanol–water partition coefficient (Wildman–Crippen LogP) is 8.31. The molecule has 0 aliphatic carbocycles. The summed E-state index contributed by atoms with van der Waals surface area (Å²) < 4.78 is 6.05. The van der Waals surface area contributed by atoms with E-state index in [1.54, 1.807) is 4.63 Å². The number of hydrogen-bond donors (Lipinski definition) is 0. The van der Waals surface area contributed by atoms with Crippen LogP contribution in [0.25, 0.3) is 28.2 Å². The van der Waals surface area contributed by atoms with Crippen LogP contribution in [0.1, 0.15) is 52.7 Å². The maximum atomic E-state index is 4.78. The van der Waals surface area contributed by atoms with E-state index in [2.05, 4.69) is 145 Å². The zero-order chi connectivity index (χ0) is 34.1. The second kappa shape index (κ2) is 13.0. The van der Waals surface area contributed by atoms with Gasteiger partial charge < -0.3 is 4.57 Å². The van der Waals surface area contributed by atoms with Crippen molar-refractivity contribution in [3.8, 4) is 22.5 Å². The minimum absolute atomic E-state index is 0.678. The fourth-order valence-electron chi connectivity index (χ4n) is 7.29. The van der Waals surface area contributed by atoms with Crippen molar-refractivity contribution >= 4 is 5.65 Å². The molecule has 50 heavy (non-hydrogen) atoms. The Labute approximate surface area is 291 Å². The molecule has 3 heterocycles. The molecule has 0 atom stereocenters. The van der Waals surface area contributed by atoms with Gasteiger partial charge in [0, 0.05) is 11.1 Å².